The molecule has 2 amide bonds. The van der Waals surface area contributed by atoms with E-state index >= 15 is 0 Å². The molecule has 0 N–H and O–H groups in total. The fraction of sp³-hybridized carbons (Fsp3) is 0.586. The molecular formula is C29H42ClN3O3. The highest BCUT2D eigenvalue weighted by atomic mass is 35.5. The lowest BCUT2D eigenvalue weighted by Crippen LogP contribution is -2.48. The van der Waals surface area contributed by atoms with E-state index in [0.29, 0.717) is 32.7 Å². The summed E-state index contributed by atoms with van der Waals surface area (Å²) in [5.41, 5.74) is 1.97. The summed E-state index contributed by atoms with van der Waals surface area (Å²) >= 11 is 6.42. The number of hydrogen-bond acceptors (Lipinski definition) is 3. The first kappa shape index (κ1) is 28.3. The monoisotopic (exact) mass is 515 g/mol. The van der Waals surface area contributed by atoms with E-state index in [4.69, 9.17) is 16.3 Å². The van der Waals surface area contributed by atoms with Crippen LogP contribution in [0.4, 0.5) is 0 Å². The first-order chi connectivity index (χ1) is 17.2. The van der Waals surface area contributed by atoms with Gasteiger partial charge in [-0.15, -0.1) is 0 Å². The Kier molecular flexibility index (Phi) is 10.4. The largest absolute Gasteiger partial charge is 0.383 e. The molecule has 0 radical (unpaired) electrons. The number of nitrogens with zero attached hydrogens (tertiary/aromatic N) is 3. The zero-order valence-corrected chi connectivity index (χ0v) is 23.1. The molecule has 1 aliphatic carbocycles. The number of carbonyl (C=O) groups excluding carboxylic acids is 2. The molecule has 1 heterocycles. The van der Waals surface area contributed by atoms with Gasteiger partial charge >= 0.3 is 0 Å². The molecule has 1 aliphatic rings. The minimum absolute atomic E-state index is 0.00131. The third kappa shape index (κ3) is 8.38. The third-order valence-corrected chi connectivity index (χ3v) is 7.18. The fourth-order valence-corrected chi connectivity index (χ4v) is 5.05. The molecule has 0 unspecified atom stereocenters. The number of halogens is 1. The van der Waals surface area contributed by atoms with Crippen molar-refractivity contribution in [3.8, 4) is 0 Å². The van der Waals surface area contributed by atoms with E-state index in [1.54, 1.807) is 12.0 Å². The topological polar surface area (TPSA) is 54.8 Å². The van der Waals surface area contributed by atoms with Gasteiger partial charge in [0.25, 0.3) is 0 Å². The van der Waals surface area contributed by atoms with Gasteiger partial charge in [0.2, 0.25) is 11.8 Å². The van der Waals surface area contributed by atoms with Gasteiger partial charge in [-0.25, -0.2) is 0 Å². The van der Waals surface area contributed by atoms with Crippen molar-refractivity contribution in [2.24, 2.45) is 5.41 Å². The quantitative estimate of drug-likeness (QED) is 0.382. The molecule has 198 valence electrons. The van der Waals surface area contributed by atoms with Crippen molar-refractivity contribution in [3.05, 3.63) is 58.9 Å². The maximum absolute atomic E-state index is 13.8. The summed E-state index contributed by atoms with van der Waals surface area (Å²) in [6, 6.07) is 12.2. The number of benzene rings is 1. The zero-order valence-electron chi connectivity index (χ0n) is 22.3. The summed E-state index contributed by atoms with van der Waals surface area (Å²) in [6.07, 6.45) is 7.92. The third-order valence-electron chi connectivity index (χ3n) is 6.82. The molecule has 36 heavy (non-hydrogen) atoms. The Morgan fingerprint density at radius 1 is 1.06 bits per heavy atom. The van der Waals surface area contributed by atoms with Crippen LogP contribution in [-0.2, 0) is 27.4 Å². The summed E-state index contributed by atoms with van der Waals surface area (Å²) in [5, 5.41) is 0.739. The molecule has 2 aromatic rings. The van der Waals surface area contributed by atoms with Gasteiger partial charge in [0.1, 0.15) is 0 Å². The van der Waals surface area contributed by atoms with E-state index in [1.807, 2.05) is 62.2 Å². The van der Waals surface area contributed by atoms with Gasteiger partial charge in [0.05, 0.1) is 19.7 Å². The Morgan fingerprint density at radius 2 is 1.78 bits per heavy atom. The molecular weight excluding hydrogens is 474 g/mol. The predicted molar refractivity (Wildman–Crippen MR) is 145 cm³/mol. The van der Waals surface area contributed by atoms with E-state index in [9.17, 15) is 9.59 Å². The van der Waals surface area contributed by atoms with Crippen LogP contribution in [0, 0.1) is 5.41 Å². The van der Waals surface area contributed by atoms with Crippen molar-refractivity contribution in [2.75, 3.05) is 26.8 Å². The number of rotatable bonds is 11. The van der Waals surface area contributed by atoms with Crippen LogP contribution in [0.15, 0.2) is 42.6 Å². The molecule has 1 fully saturated rings. The fourth-order valence-electron chi connectivity index (χ4n) is 4.86. The van der Waals surface area contributed by atoms with E-state index < -0.39 is 0 Å². The number of hydrogen-bond donors (Lipinski definition) is 0. The van der Waals surface area contributed by atoms with Gasteiger partial charge < -0.3 is 19.1 Å². The molecule has 1 saturated carbocycles. The maximum Gasteiger partial charge on any atom is 0.242 e. The highest BCUT2D eigenvalue weighted by Crippen LogP contribution is 2.26. The molecule has 1 aromatic heterocycles. The summed E-state index contributed by atoms with van der Waals surface area (Å²) in [6.45, 7) is 8.21. The average Bonchev–Trinajstić information content (AvgIpc) is 3.27. The van der Waals surface area contributed by atoms with E-state index in [-0.39, 0.29) is 29.8 Å². The smallest absolute Gasteiger partial charge is 0.242 e. The van der Waals surface area contributed by atoms with Gasteiger partial charge in [0, 0.05) is 49.6 Å². The number of ether oxygens (including phenoxy) is 1. The molecule has 1 aromatic carbocycles. The zero-order chi connectivity index (χ0) is 26.1. The Labute approximate surface area is 221 Å². The van der Waals surface area contributed by atoms with Crippen LogP contribution in [0.1, 0.15) is 70.6 Å². The van der Waals surface area contributed by atoms with Crippen molar-refractivity contribution < 1.29 is 14.3 Å². The molecule has 6 nitrogen and oxygen atoms in total. The highest BCUT2D eigenvalue weighted by Gasteiger charge is 2.30. The Hall–Kier alpha value is -2.31. The lowest BCUT2D eigenvalue weighted by Gasteiger charge is -2.36. The van der Waals surface area contributed by atoms with Crippen LogP contribution >= 0.6 is 11.6 Å². The van der Waals surface area contributed by atoms with Crippen molar-refractivity contribution in [1.29, 1.82) is 0 Å². The minimum Gasteiger partial charge on any atom is -0.383 e. The summed E-state index contributed by atoms with van der Waals surface area (Å²) in [5.74, 6) is 0.00402. The maximum atomic E-state index is 13.8. The molecule has 3 rings (SSSR count). The highest BCUT2D eigenvalue weighted by molar-refractivity contribution is 6.31. The minimum atomic E-state index is -0.145. The van der Waals surface area contributed by atoms with Gasteiger partial charge in [-0.3, -0.25) is 9.59 Å². The lowest BCUT2D eigenvalue weighted by atomic mass is 9.91. The summed E-state index contributed by atoms with van der Waals surface area (Å²) < 4.78 is 7.41. The second kappa shape index (κ2) is 13.3. The van der Waals surface area contributed by atoms with E-state index in [0.717, 1.165) is 42.0 Å². The molecule has 7 heteroatoms. The molecule has 0 atom stereocenters. The van der Waals surface area contributed by atoms with Crippen LogP contribution in [-0.4, -0.2) is 59.0 Å². The lowest BCUT2D eigenvalue weighted by molar-refractivity contribution is -0.144. The van der Waals surface area contributed by atoms with Gasteiger partial charge in [0.15, 0.2) is 0 Å². The van der Waals surface area contributed by atoms with Crippen molar-refractivity contribution >= 4 is 23.4 Å². The normalized spacial score (nSPS) is 14.6. The van der Waals surface area contributed by atoms with Crippen molar-refractivity contribution in [3.63, 3.8) is 0 Å². The van der Waals surface area contributed by atoms with Gasteiger partial charge in [-0.05, 0) is 42.0 Å². The number of carbonyl (C=O) groups is 2. The van der Waals surface area contributed by atoms with Gasteiger partial charge in [-0.2, -0.15) is 0 Å². The first-order valence-corrected chi connectivity index (χ1v) is 13.5. The average molecular weight is 516 g/mol. The Bertz CT molecular complexity index is 992. The van der Waals surface area contributed by atoms with Crippen LogP contribution in [0.5, 0.6) is 0 Å². The molecule has 0 saturated heterocycles. The van der Waals surface area contributed by atoms with Crippen LogP contribution in [0.25, 0.3) is 0 Å². The van der Waals surface area contributed by atoms with E-state index in [1.165, 1.54) is 6.42 Å². The molecule has 0 bridgehead atoms. The second-order valence-electron chi connectivity index (χ2n) is 11.1. The number of amides is 2. The number of methoxy groups -OCH3 is 1. The Balaban J connectivity index is 1.80. The summed E-state index contributed by atoms with van der Waals surface area (Å²) in [7, 11) is 1.62. The second-order valence-corrected chi connectivity index (χ2v) is 11.5. The van der Waals surface area contributed by atoms with Crippen LogP contribution in [0.3, 0.4) is 0 Å². The summed E-state index contributed by atoms with van der Waals surface area (Å²) in [4.78, 5) is 30.6. The van der Waals surface area contributed by atoms with Crippen molar-refractivity contribution in [1.82, 2.24) is 14.4 Å². The first-order valence-electron chi connectivity index (χ1n) is 13.1. The standard InChI is InChI=1S/C29H42ClN3O3/c1-29(2,3)19-27(34)32(17-18-36-4)22-28(35)33(24-12-6-5-7-13-24)21-25-14-10-16-31(25)20-23-11-8-9-15-26(23)30/h8-11,14-16,24H,5-7,12-13,17-22H2,1-4H3. The predicted octanol–water partition coefficient (Wildman–Crippen LogP) is 5.76. The van der Waals surface area contributed by atoms with E-state index in [2.05, 4.69) is 10.6 Å². The number of aromatic nitrogens is 1. The SMILES string of the molecule is COCCN(CC(=O)N(Cc1cccn1Cc1ccccc1Cl)C1CCCCC1)C(=O)CC(C)(C)C. The Morgan fingerprint density at radius 3 is 2.44 bits per heavy atom. The van der Waals surface area contributed by atoms with Gasteiger partial charge in [-0.1, -0.05) is 69.8 Å². The van der Waals surface area contributed by atoms with Crippen LogP contribution < -0.4 is 0 Å². The molecule has 0 aliphatic heterocycles. The van der Waals surface area contributed by atoms with Crippen molar-refractivity contribution in [2.45, 2.75) is 78.4 Å². The van der Waals surface area contributed by atoms with Crippen LogP contribution in [0.2, 0.25) is 5.02 Å². The molecule has 0 spiro atoms.